The van der Waals surface area contributed by atoms with Gasteiger partial charge in [-0.2, -0.15) is 5.06 Å². The van der Waals surface area contributed by atoms with Crippen LogP contribution in [0, 0.1) is 5.92 Å². The molecule has 2 aliphatic carbocycles. The first kappa shape index (κ1) is 21.8. The van der Waals surface area contributed by atoms with E-state index in [1.807, 2.05) is 24.3 Å². The molecule has 4 rings (SSSR count). The monoisotopic (exact) mass is 433 g/mol. The molecule has 1 aliphatic heterocycles. The average Bonchev–Trinajstić information content (AvgIpc) is 3.00. The van der Waals surface area contributed by atoms with Crippen molar-refractivity contribution in [1.29, 1.82) is 0 Å². The smallest absolute Gasteiger partial charge is 0.192 e. The van der Waals surface area contributed by atoms with Crippen LogP contribution in [0.2, 0.25) is 18.1 Å². The van der Waals surface area contributed by atoms with Gasteiger partial charge in [-0.3, -0.25) is 4.84 Å². The predicted molar refractivity (Wildman–Crippen MR) is 119 cm³/mol. The number of aliphatic hydroxyl groups excluding tert-OH is 1. The predicted octanol–water partition coefficient (Wildman–Crippen LogP) is 3.64. The van der Waals surface area contributed by atoms with Gasteiger partial charge in [-0.25, -0.2) is 0 Å². The van der Waals surface area contributed by atoms with E-state index in [4.69, 9.17) is 18.7 Å². The zero-order valence-corrected chi connectivity index (χ0v) is 20.4. The minimum absolute atomic E-state index is 0.0520. The van der Waals surface area contributed by atoms with Gasteiger partial charge in [0.15, 0.2) is 19.8 Å². The van der Waals surface area contributed by atoms with Crippen LogP contribution in [0.5, 0.6) is 11.5 Å². The van der Waals surface area contributed by atoms with Gasteiger partial charge in [-0.05, 0) is 47.8 Å². The number of rotatable bonds is 4. The maximum Gasteiger partial charge on any atom is 0.192 e. The van der Waals surface area contributed by atoms with E-state index in [-0.39, 0.29) is 29.2 Å². The summed E-state index contributed by atoms with van der Waals surface area (Å²) < 4.78 is 18.0. The van der Waals surface area contributed by atoms with Gasteiger partial charge in [-0.15, -0.1) is 0 Å². The molecule has 166 valence electrons. The largest absolute Gasteiger partial charge is 0.493 e. The van der Waals surface area contributed by atoms with Gasteiger partial charge in [0.25, 0.3) is 0 Å². The third-order valence-corrected chi connectivity index (χ3v) is 12.0. The molecule has 0 spiro atoms. The van der Waals surface area contributed by atoms with E-state index in [1.165, 1.54) is 5.56 Å². The molecule has 1 unspecified atom stereocenters. The molecule has 1 aromatic carbocycles. The first-order chi connectivity index (χ1) is 14.0. The summed E-state index contributed by atoms with van der Waals surface area (Å²) in [4.78, 5) is 6.34. The van der Waals surface area contributed by atoms with E-state index >= 15 is 0 Å². The number of fused-ring (bicyclic) bond motifs is 2. The SMILES string of the molecule is COc1ccc2c(c1OC)C1=C[C@H](O)[C@@H](O[Si](C)(C)C(C)(C)C)[C@H]3ON(C)[C@H](C2)C13. The lowest BCUT2D eigenvalue weighted by molar-refractivity contribution is -0.178. The molecule has 1 saturated heterocycles. The van der Waals surface area contributed by atoms with Crippen molar-refractivity contribution < 1.29 is 23.8 Å². The highest BCUT2D eigenvalue weighted by atomic mass is 28.4. The Morgan fingerprint density at radius 2 is 1.87 bits per heavy atom. The quantitative estimate of drug-likeness (QED) is 0.732. The van der Waals surface area contributed by atoms with Crippen LogP contribution < -0.4 is 9.47 Å². The molecule has 1 fully saturated rings. The van der Waals surface area contributed by atoms with Crippen molar-refractivity contribution in [3.05, 3.63) is 29.3 Å². The zero-order valence-electron chi connectivity index (χ0n) is 19.4. The number of hydroxylamine groups is 2. The first-order valence-electron chi connectivity index (χ1n) is 10.7. The normalized spacial score (nSPS) is 31.1. The second kappa shape index (κ2) is 7.34. The highest BCUT2D eigenvalue weighted by molar-refractivity contribution is 6.74. The van der Waals surface area contributed by atoms with E-state index in [1.54, 1.807) is 14.2 Å². The van der Waals surface area contributed by atoms with Gasteiger partial charge in [0, 0.05) is 24.6 Å². The van der Waals surface area contributed by atoms with Crippen LogP contribution in [0.25, 0.3) is 5.57 Å². The van der Waals surface area contributed by atoms with Crippen molar-refractivity contribution in [3.63, 3.8) is 0 Å². The molecular weight excluding hydrogens is 398 g/mol. The fraction of sp³-hybridized carbons (Fsp3) is 0.652. The minimum Gasteiger partial charge on any atom is -0.493 e. The lowest BCUT2D eigenvalue weighted by atomic mass is 9.69. The van der Waals surface area contributed by atoms with Crippen LogP contribution in [0.4, 0.5) is 0 Å². The van der Waals surface area contributed by atoms with Crippen molar-refractivity contribution in [2.45, 2.75) is 69.7 Å². The molecule has 1 heterocycles. The highest BCUT2D eigenvalue weighted by Gasteiger charge is 2.56. The molecule has 5 atom stereocenters. The van der Waals surface area contributed by atoms with Crippen molar-refractivity contribution in [1.82, 2.24) is 5.06 Å². The molecule has 1 N–H and O–H groups in total. The van der Waals surface area contributed by atoms with E-state index in [0.717, 1.165) is 23.3 Å². The second-order valence-electron chi connectivity index (χ2n) is 10.2. The Morgan fingerprint density at radius 3 is 2.47 bits per heavy atom. The summed E-state index contributed by atoms with van der Waals surface area (Å²) >= 11 is 0. The molecule has 0 bridgehead atoms. The van der Waals surface area contributed by atoms with Crippen LogP contribution >= 0.6 is 0 Å². The molecule has 0 aromatic heterocycles. The molecule has 0 saturated carbocycles. The maximum atomic E-state index is 11.2. The third-order valence-electron chi connectivity index (χ3n) is 7.48. The Morgan fingerprint density at radius 1 is 1.17 bits per heavy atom. The zero-order chi connectivity index (χ0) is 22.0. The Kier molecular flexibility index (Phi) is 5.34. The number of ether oxygens (including phenoxy) is 2. The molecule has 0 radical (unpaired) electrons. The highest BCUT2D eigenvalue weighted by Crippen LogP contribution is 2.53. The van der Waals surface area contributed by atoms with Crippen molar-refractivity contribution in [2.75, 3.05) is 21.3 Å². The van der Waals surface area contributed by atoms with E-state index in [0.29, 0.717) is 5.75 Å². The summed E-state index contributed by atoms with van der Waals surface area (Å²) in [6.07, 6.45) is 1.46. The molecular formula is C23H35NO5Si. The molecule has 30 heavy (non-hydrogen) atoms. The number of methoxy groups -OCH3 is 2. The number of hydrogen-bond acceptors (Lipinski definition) is 6. The van der Waals surface area contributed by atoms with Crippen LogP contribution in [0.3, 0.4) is 0 Å². The molecule has 6 nitrogen and oxygen atoms in total. The molecule has 1 aromatic rings. The number of aliphatic hydroxyl groups is 1. The Bertz CT molecular complexity index is 862. The van der Waals surface area contributed by atoms with Crippen molar-refractivity contribution in [3.8, 4) is 11.5 Å². The lowest BCUT2D eigenvalue weighted by Gasteiger charge is -2.45. The summed E-state index contributed by atoms with van der Waals surface area (Å²) in [5, 5.41) is 13.2. The number of hydrogen-bond donors (Lipinski definition) is 1. The molecule has 3 aliphatic rings. The van der Waals surface area contributed by atoms with Gasteiger partial charge in [0.2, 0.25) is 0 Å². The average molecular weight is 434 g/mol. The van der Waals surface area contributed by atoms with Crippen molar-refractivity contribution in [2.24, 2.45) is 5.92 Å². The number of benzene rings is 1. The number of likely N-dealkylation sites (N-methyl/N-ethyl adjacent to an activating group) is 1. The van der Waals surface area contributed by atoms with Crippen molar-refractivity contribution >= 4 is 13.9 Å². The standard InChI is InChI=1S/C23H35NO5Si/c1-23(2,3)30(7,8)29-20-16(25)12-14-18-13(9-10-17(26-5)21(18)27-6)11-15-19(14)22(20)28-24(15)4/h9-10,12,15-16,19-20,22,25H,11H2,1-8H3/t15-,16+,19?,20-,22+/m1/s1. The second-order valence-corrected chi connectivity index (χ2v) is 15.0. The minimum atomic E-state index is -2.09. The van der Waals surface area contributed by atoms with E-state index < -0.39 is 14.4 Å². The first-order valence-corrected chi connectivity index (χ1v) is 13.6. The fourth-order valence-corrected chi connectivity index (χ4v) is 6.16. The van der Waals surface area contributed by atoms with Crippen LogP contribution in [0.1, 0.15) is 31.9 Å². The maximum absolute atomic E-state index is 11.2. The number of nitrogens with zero attached hydrogens (tertiary/aromatic N) is 1. The third kappa shape index (κ3) is 3.22. The van der Waals surface area contributed by atoms with E-state index in [2.05, 4.69) is 39.9 Å². The van der Waals surface area contributed by atoms with Crippen LogP contribution in [0.15, 0.2) is 18.2 Å². The Labute approximate surface area is 180 Å². The summed E-state index contributed by atoms with van der Waals surface area (Å²) in [6.45, 7) is 11.1. The van der Waals surface area contributed by atoms with Gasteiger partial charge in [-0.1, -0.05) is 26.8 Å². The van der Waals surface area contributed by atoms with Gasteiger partial charge < -0.3 is 19.0 Å². The summed E-state index contributed by atoms with van der Waals surface area (Å²) in [5.74, 6) is 1.54. The topological polar surface area (TPSA) is 60.4 Å². The van der Waals surface area contributed by atoms with Gasteiger partial charge >= 0.3 is 0 Å². The van der Waals surface area contributed by atoms with Crippen LogP contribution in [-0.2, 0) is 15.7 Å². The fourth-order valence-electron chi connectivity index (χ4n) is 4.85. The summed E-state index contributed by atoms with van der Waals surface area (Å²) in [6, 6.07) is 4.25. The Hall–Kier alpha value is -1.38. The van der Waals surface area contributed by atoms with Gasteiger partial charge in [0.1, 0.15) is 18.3 Å². The van der Waals surface area contributed by atoms with Crippen LogP contribution in [-0.4, -0.2) is 64.1 Å². The van der Waals surface area contributed by atoms with E-state index in [9.17, 15) is 5.11 Å². The Balaban J connectivity index is 1.81. The lowest BCUT2D eigenvalue weighted by Crippen LogP contribution is -2.55. The summed E-state index contributed by atoms with van der Waals surface area (Å²) in [7, 11) is 3.22. The molecule has 0 amide bonds. The summed E-state index contributed by atoms with van der Waals surface area (Å²) in [5.41, 5.74) is 3.30. The van der Waals surface area contributed by atoms with Gasteiger partial charge in [0.05, 0.1) is 14.2 Å². The molecule has 7 heteroatoms.